The molecule has 2 heterocycles. The van der Waals surface area contributed by atoms with E-state index in [1.165, 1.54) is 11.3 Å². The molecule has 0 aliphatic rings. The molecule has 6 heteroatoms. The quantitative estimate of drug-likeness (QED) is 0.767. The summed E-state index contributed by atoms with van der Waals surface area (Å²) >= 11 is 1.37. The summed E-state index contributed by atoms with van der Waals surface area (Å²) in [7, 11) is 0. The first-order valence-electron chi connectivity index (χ1n) is 5.98. The Morgan fingerprint density at radius 3 is 3.00 bits per heavy atom. The molecule has 0 atom stereocenters. The van der Waals surface area contributed by atoms with Gasteiger partial charge in [-0.1, -0.05) is 12.1 Å². The Morgan fingerprint density at radius 2 is 2.20 bits per heavy atom. The second-order valence-electron chi connectivity index (χ2n) is 4.39. The van der Waals surface area contributed by atoms with Crippen molar-refractivity contribution in [3.63, 3.8) is 0 Å². The summed E-state index contributed by atoms with van der Waals surface area (Å²) in [5.74, 6) is 0.101. The number of rotatable bonds is 3. The maximum atomic E-state index is 11.9. The van der Waals surface area contributed by atoms with Crippen LogP contribution < -0.4 is 11.3 Å². The fourth-order valence-electron chi connectivity index (χ4n) is 2.03. The number of aromatic amines is 1. The number of nitrogens with two attached hydrogens (primary N) is 1. The molecule has 0 saturated carbocycles. The summed E-state index contributed by atoms with van der Waals surface area (Å²) in [6, 6.07) is 8.81. The summed E-state index contributed by atoms with van der Waals surface area (Å²) in [6.07, 6.45) is 0.447. The van der Waals surface area contributed by atoms with E-state index in [0.29, 0.717) is 28.0 Å². The number of fused-ring (bicyclic) bond motifs is 1. The molecular weight excluding hydrogens is 274 g/mol. The van der Waals surface area contributed by atoms with Gasteiger partial charge in [0.2, 0.25) is 5.91 Å². The highest BCUT2D eigenvalue weighted by Crippen LogP contribution is 2.15. The molecule has 20 heavy (non-hydrogen) atoms. The normalized spacial score (nSPS) is 10.8. The topological polar surface area (TPSA) is 88.8 Å². The summed E-state index contributed by atoms with van der Waals surface area (Å²) in [5.41, 5.74) is 7.13. The maximum Gasteiger partial charge on any atom is 0.268 e. The smallest absolute Gasteiger partial charge is 0.268 e. The van der Waals surface area contributed by atoms with Crippen LogP contribution in [0.25, 0.3) is 10.2 Å². The van der Waals surface area contributed by atoms with Crippen LogP contribution in [0.15, 0.2) is 40.5 Å². The second-order valence-corrected chi connectivity index (χ2v) is 5.31. The van der Waals surface area contributed by atoms with Gasteiger partial charge in [0.05, 0.1) is 5.52 Å². The van der Waals surface area contributed by atoms with Crippen LogP contribution in [0.4, 0.5) is 0 Å². The highest BCUT2D eigenvalue weighted by Gasteiger charge is 2.07. The maximum absolute atomic E-state index is 11.9. The van der Waals surface area contributed by atoms with E-state index in [0.717, 1.165) is 5.56 Å². The van der Waals surface area contributed by atoms with Crippen molar-refractivity contribution in [1.29, 1.82) is 0 Å². The van der Waals surface area contributed by atoms with Crippen LogP contribution >= 0.6 is 11.3 Å². The molecule has 0 bridgehead atoms. The van der Waals surface area contributed by atoms with Crippen molar-refractivity contribution in [2.75, 3.05) is 0 Å². The Labute approximate surface area is 118 Å². The molecule has 1 aromatic carbocycles. The van der Waals surface area contributed by atoms with Gasteiger partial charge in [0.15, 0.2) is 0 Å². The van der Waals surface area contributed by atoms with Gasteiger partial charge in [-0.15, -0.1) is 11.3 Å². The first kappa shape index (κ1) is 12.6. The average Bonchev–Trinajstić information content (AvgIpc) is 2.88. The van der Waals surface area contributed by atoms with E-state index in [-0.39, 0.29) is 5.56 Å². The van der Waals surface area contributed by atoms with Crippen LogP contribution in [-0.2, 0) is 6.42 Å². The fourth-order valence-corrected chi connectivity index (χ4v) is 2.76. The van der Waals surface area contributed by atoms with Gasteiger partial charge in [0.25, 0.3) is 5.56 Å². The van der Waals surface area contributed by atoms with Crippen LogP contribution in [0.1, 0.15) is 21.7 Å². The number of primary amides is 1. The monoisotopic (exact) mass is 285 g/mol. The zero-order chi connectivity index (χ0) is 14.1. The van der Waals surface area contributed by atoms with E-state index < -0.39 is 5.91 Å². The fraction of sp³-hybridized carbons (Fsp3) is 0.0714. The van der Waals surface area contributed by atoms with Gasteiger partial charge < -0.3 is 10.7 Å². The van der Waals surface area contributed by atoms with Crippen molar-refractivity contribution < 1.29 is 4.79 Å². The van der Waals surface area contributed by atoms with Gasteiger partial charge in [0, 0.05) is 12.0 Å². The summed E-state index contributed by atoms with van der Waals surface area (Å²) < 4.78 is 0.625. The zero-order valence-corrected chi connectivity index (χ0v) is 11.2. The number of hydrogen-bond acceptors (Lipinski definition) is 4. The number of amides is 1. The Balaban J connectivity index is 1.98. The number of hydrogen-bond donors (Lipinski definition) is 2. The lowest BCUT2D eigenvalue weighted by molar-refractivity contribution is 0.1000. The van der Waals surface area contributed by atoms with Gasteiger partial charge in [-0.05, 0) is 29.1 Å². The van der Waals surface area contributed by atoms with E-state index >= 15 is 0 Å². The van der Waals surface area contributed by atoms with E-state index in [4.69, 9.17) is 5.73 Å². The third-order valence-electron chi connectivity index (χ3n) is 2.95. The van der Waals surface area contributed by atoms with Crippen molar-refractivity contribution in [2.24, 2.45) is 5.73 Å². The molecule has 0 aliphatic carbocycles. The van der Waals surface area contributed by atoms with Gasteiger partial charge in [-0.25, -0.2) is 4.98 Å². The molecule has 3 aromatic rings. The molecule has 3 rings (SSSR count). The third-order valence-corrected chi connectivity index (χ3v) is 3.85. The van der Waals surface area contributed by atoms with Crippen molar-refractivity contribution in [3.05, 3.63) is 63.0 Å². The van der Waals surface area contributed by atoms with Crippen LogP contribution in [0.5, 0.6) is 0 Å². The summed E-state index contributed by atoms with van der Waals surface area (Å²) in [6.45, 7) is 0. The highest BCUT2D eigenvalue weighted by molar-refractivity contribution is 7.17. The molecule has 5 nitrogen and oxygen atoms in total. The molecule has 0 aliphatic heterocycles. The van der Waals surface area contributed by atoms with E-state index in [1.54, 1.807) is 18.2 Å². The third kappa shape index (κ3) is 2.33. The lowest BCUT2D eigenvalue weighted by atomic mass is 10.1. The first-order chi connectivity index (χ1) is 9.63. The number of benzene rings is 1. The number of nitrogens with zero attached hydrogens (tertiary/aromatic N) is 1. The number of H-pyrrole nitrogens is 1. The van der Waals surface area contributed by atoms with Crippen molar-refractivity contribution in [3.8, 4) is 0 Å². The Hall–Kier alpha value is -2.47. The van der Waals surface area contributed by atoms with Crippen LogP contribution in [0.3, 0.4) is 0 Å². The SMILES string of the molecule is NC(=O)c1cccc(Cc2nc3ccsc3c(=O)[nH]2)c1. The van der Waals surface area contributed by atoms with Gasteiger partial charge in [-0.2, -0.15) is 0 Å². The number of nitrogens with one attached hydrogen (secondary N) is 1. The average molecular weight is 285 g/mol. The number of carbonyl (C=O) groups excluding carboxylic acids is 1. The predicted octanol–water partition coefficient (Wildman–Crippen LogP) is 1.67. The number of thiophene rings is 1. The molecule has 2 aromatic heterocycles. The Kier molecular flexibility index (Phi) is 3.08. The van der Waals surface area contributed by atoms with E-state index in [9.17, 15) is 9.59 Å². The molecule has 0 saturated heterocycles. The Morgan fingerprint density at radius 1 is 1.35 bits per heavy atom. The van der Waals surface area contributed by atoms with Crippen LogP contribution in [0.2, 0.25) is 0 Å². The molecule has 3 N–H and O–H groups in total. The van der Waals surface area contributed by atoms with Gasteiger partial charge in [0.1, 0.15) is 10.5 Å². The summed E-state index contributed by atoms with van der Waals surface area (Å²) in [4.78, 5) is 30.2. The van der Waals surface area contributed by atoms with E-state index in [2.05, 4.69) is 9.97 Å². The second kappa shape index (κ2) is 4.90. The molecular formula is C14H11N3O2S. The Bertz CT molecular complexity index is 851. The minimum absolute atomic E-state index is 0.133. The molecule has 100 valence electrons. The van der Waals surface area contributed by atoms with Gasteiger partial charge in [-0.3, -0.25) is 9.59 Å². The van der Waals surface area contributed by atoms with Crippen molar-refractivity contribution >= 4 is 27.5 Å². The predicted molar refractivity (Wildman–Crippen MR) is 78.0 cm³/mol. The van der Waals surface area contributed by atoms with Crippen LogP contribution in [0, 0.1) is 0 Å². The van der Waals surface area contributed by atoms with Gasteiger partial charge >= 0.3 is 0 Å². The minimum atomic E-state index is -0.471. The lowest BCUT2D eigenvalue weighted by Gasteiger charge is -2.03. The van der Waals surface area contributed by atoms with E-state index in [1.807, 2.05) is 17.5 Å². The van der Waals surface area contributed by atoms with Crippen LogP contribution in [-0.4, -0.2) is 15.9 Å². The zero-order valence-electron chi connectivity index (χ0n) is 10.4. The van der Waals surface area contributed by atoms with Crippen molar-refractivity contribution in [2.45, 2.75) is 6.42 Å². The largest absolute Gasteiger partial charge is 0.366 e. The number of carbonyl (C=O) groups is 1. The molecule has 0 radical (unpaired) electrons. The summed E-state index contributed by atoms with van der Waals surface area (Å²) in [5, 5.41) is 1.84. The molecule has 1 amide bonds. The minimum Gasteiger partial charge on any atom is -0.366 e. The standard InChI is InChI=1S/C14H11N3O2S/c15-13(18)9-3-1-2-8(6-9)7-11-16-10-4-5-20-12(10)14(19)17-11/h1-6H,7H2,(H2,15,18)(H,16,17,19). The first-order valence-corrected chi connectivity index (χ1v) is 6.86. The molecule has 0 unspecified atom stereocenters. The molecule has 0 fully saturated rings. The van der Waals surface area contributed by atoms with Crippen molar-refractivity contribution in [1.82, 2.24) is 9.97 Å². The highest BCUT2D eigenvalue weighted by atomic mass is 32.1. The number of aromatic nitrogens is 2. The molecule has 0 spiro atoms. The lowest BCUT2D eigenvalue weighted by Crippen LogP contribution is -2.12.